The predicted octanol–water partition coefficient (Wildman–Crippen LogP) is 7.48. The number of hydrogen-bond acceptors (Lipinski definition) is 11. The summed E-state index contributed by atoms with van der Waals surface area (Å²) in [6.45, 7) is 9.57. The van der Waals surface area contributed by atoms with Gasteiger partial charge in [-0.05, 0) is 110 Å². The fourth-order valence-corrected chi connectivity index (χ4v) is 10.7. The maximum atomic E-state index is 14.0. The molecular weight excluding hydrogens is 817 g/mol. The summed E-state index contributed by atoms with van der Waals surface area (Å²) >= 11 is 0. The van der Waals surface area contributed by atoms with Crippen LogP contribution in [0.1, 0.15) is 102 Å². The lowest BCUT2D eigenvalue weighted by Gasteiger charge is -2.41. The molecule has 7 unspecified atom stereocenters. The number of nitrogens with one attached hydrogen (secondary N) is 4. The van der Waals surface area contributed by atoms with Gasteiger partial charge >= 0.3 is 12.2 Å². The summed E-state index contributed by atoms with van der Waals surface area (Å²) in [5, 5.41) is 19.7. The number of ether oxygens (including phenoxy) is 4. The van der Waals surface area contributed by atoms with Crippen LogP contribution in [-0.4, -0.2) is 111 Å². The lowest BCUT2D eigenvalue weighted by molar-refractivity contribution is -0.137. The van der Waals surface area contributed by atoms with Crippen molar-refractivity contribution in [2.75, 3.05) is 27.4 Å². The van der Waals surface area contributed by atoms with Crippen molar-refractivity contribution in [1.29, 1.82) is 0 Å². The van der Waals surface area contributed by atoms with Gasteiger partial charge in [0.05, 0.1) is 55.3 Å². The quantitative estimate of drug-likeness (QED) is 0.0883. The maximum Gasteiger partial charge on any atom is 0.407 e. The highest BCUT2D eigenvalue weighted by atomic mass is 16.5. The second kappa shape index (κ2) is 18.0. The average molecular weight is 877 g/mol. The van der Waals surface area contributed by atoms with Gasteiger partial charge in [-0.25, -0.2) is 19.6 Å². The van der Waals surface area contributed by atoms with Gasteiger partial charge in [0.15, 0.2) is 0 Å². The van der Waals surface area contributed by atoms with Gasteiger partial charge in [-0.3, -0.25) is 9.69 Å². The summed E-state index contributed by atoms with van der Waals surface area (Å²) in [7, 11) is 2.64. The Hall–Kier alpha value is -5.71. The van der Waals surface area contributed by atoms with Crippen molar-refractivity contribution in [2.45, 2.75) is 122 Å². The third kappa shape index (κ3) is 8.04. The number of carbonyl (C=O) groups excluding carboxylic acids is 3. The topological polar surface area (TPSA) is 196 Å². The minimum Gasteiger partial charge on any atom is -0.488 e. The number of H-pyrrole nitrogens is 2. The molecule has 340 valence electrons. The number of aliphatic hydroxyl groups excluding tert-OH is 1. The number of alkyl carbamates (subject to hydrolysis) is 2. The number of aromatic amines is 2. The van der Waals surface area contributed by atoms with Crippen LogP contribution in [0.25, 0.3) is 44.2 Å². The molecule has 64 heavy (non-hydrogen) atoms. The summed E-state index contributed by atoms with van der Waals surface area (Å²) < 4.78 is 21.9. The Morgan fingerprint density at radius 3 is 2.42 bits per heavy atom. The second-order valence-corrected chi connectivity index (χ2v) is 18.2. The molecule has 2 aromatic heterocycles. The molecule has 0 bridgehead atoms. The zero-order valence-electron chi connectivity index (χ0n) is 37.5. The van der Waals surface area contributed by atoms with Crippen LogP contribution >= 0.6 is 0 Å². The van der Waals surface area contributed by atoms with E-state index in [1.54, 1.807) is 0 Å². The summed E-state index contributed by atoms with van der Waals surface area (Å²) in [6, 6.07) is 13.2. The first kappa shape index (κ1) is 43.5. The fraction of sp³-hybridized carbons (Fsp3) is 0.521. The summed E-state index contributed by atoms with van der Waals surface area (Å²) in [4.78, 5) is 59.8. The lowest BCUT2D eigenvalue weighted by atomic mass is 9.89. The molecule has 16 nitrogen and oxygen atoms in total. The standard InChI is InChI=1S/C48H60N8O8/c1-7-31-11-15-37(56(31)46(58)41(54-48(60)62-6)27-16-18-63-19-17-27)43-49-23-36(51-43)29-9-12-32-30(20-29)24-64-39-22-33-28(21-34(32)39)10-13-35-42(33)52-44(50-35)38-14-8-26(4)55(38)45(57)40(25(2)3)53-47(59)61-5/h9-10,12-13,20-23,25-27,31,37-38,40-41,46,58H,7-8,11,14-19,24H2,1-6H3,(H,49,51)(H,50,52)(H,53,59)(H,54,60). The molecule has 3 amide bonds. The van der Waals surface area contributed by atoms with Crippen molar-refractivity contribution in [3.8, 4) is 28.1 Å². The first-order valence-corrected chi connectivity index (χ1v) is 22.8. The van der Waals surface area contributed by atoms with Crippen LogP contribution in [0.3, 0.4) is 0 Å². The summed E-state index contributed by atoms with van der Waals surface area (Å²) in [6.07, 6.45) is 5.37. The number of aliphatic hydroxyl groups is 1. The van der Waals surface area contributed by atoms with Gasteiger partial charge in [-0.15, -0.1) is 0 Å². The Morgan fingerprint density at radius 1 is 0.906 bits per heavy atom. The molecule has 4 aliphatic rings. The van der Waals surface area contributed by atoms with Gasteiger partial charge in [-0.1, -0.05) is 39.0 Å². The number of amides is 3. The van der Waals surface area contributed by atoms with E-state index in [9.17, 15) is 19.5 Å². The maximum absolute atomic E-state index is 14.0. The Balaban J connectivity index is 0.964. The minimum absolute atomic E-state index is 0.0248. The zero-order chi connectivity index (χ0) is 44.8. The Labute approximate surface area is 372 Å². The van der Waals surface area contributed by atoms with E-state index < -0.39 is 30.5 Å². The summed E-state index contributed by atoms with van der Waals surface area (Å²) in [5.74, 6) is 2.04. The monoisotopic (exact) mass is 876 g/mol. The van der Waals surface area contributed by atoms with Gasteiger partial charge < -0.3 is 49.6 Å². The lowest BCUT2D eigenvalue weighted by Crippen LogP contribution is -2.57. The molecule has 3 aromatic carbocycles. The first-order chi connectivity index (χ1) is 31.0. The molecule has 4 aliphatic heterocycles. The van der Waals surface area contributed by atoms with Crippen LogP contribution in [0, 0.1) is 11.8 Å². The molecular formula is C48H60N8O8. The van der Waals surface area contributed by atoms with Gasteiger partial charge in [0.25, 0.3) is 0 Å². The van der Waals surface area contributed by atoms with Gasteiger partial charge in [0, 0.05) is 36.2 Å². The molecule has 0 spiro atoms. The van der Waals surface area contributed by atoms with Crippen LogP contribution in [0.15, 0.2) is 48.7 Å². The number of fused-ring (bicyclic) bond motifs is 6. The molecule has 0 radical (unpaired) electrons. The molecule has 16 heteroatoms. The second-order valence-electron chi connectivity index (χ2n) is 18.2. The summed E-state index contributed by atoms with van der Waals surface area (Å²) in [5.41, 5.74) is 6.70. The van der Waals surface area contributed by atoms with Crippen molar-refractivity contribution in [3.63, 3.8) is 0 Å². The molecule has 9 rings (SSSR count). The molecule has 7 atom stereocenters. The third-order valence-corrected chi connectivity index (χ3v) is 14.1. The number of imidazole rings is 2. The molecule has 5 N–H and O–H groups in total. The van der Waals surface area contributed by atoms with E-state index in [1.807, 2.05) is 37.9 Å². The Bertz CT molecular complexity index is 2530. The largest absolute Gasteiger partial charge is 0.488 e. The Morgan fingerprint density at radius 2 is 1.67 bits per heavy atom. The van der Waals surface area contributed by atoms with E-state index in [-0.39, 0.29) is 41.9 Å². The number of aromatic nitrogens is 4. The van der Waals surface area contributed by atoms with Gasteiger partial charge in [0.2, 0.25) is 5.91 Å². The van der Waals surface area contributed by atoms with Crippen molar-refractivity contribution in [1.82, 2.24) is 40.4 Å². The molecule has 5 aromatic rings. The number of rotatable bonds is 11. The smallest absolute Gasteiger partial charge is 0.407 e. The zero-order valence-corrected chi connectivity index (χ0v) is 37.5. The molecule has 0 aliphatic carbocycles. The predicted molar refractivity (Wildman–Crippen MR) is 240 cm³/mol. The molecule has 3 fully saturated rings. The van der Waals surface area contributed by atoms with Crippen molar-refractivity contribution >= 4 is 39.9 Å². The van der Waals surface area contributed by atoms with E-state index in [0.29, 0.717) is 19.8 Å². The SMILES string of the molecule is CCC1CCC(c2ncc(-c3ccc4c(c3)COc3cc5c(ccc6[nH]c(C7CCC(C)N7C(=O)C(NC(=O)OC)C(C)C)nc65)cc3-4)[nH]2)N1C(O)C(NC(=O)OC)C1CCOCC1. The number of likely N-dealkylation sites (tertiary alicyclic amines) is 2. The van der Waals surface area contributed by atoms with Gasteiger partial charge in [-0.2, -0.15) is 0 Å². The van der Waals surface area contributed by atoms with E-state index in [4.69, 9.17) is 28.9 Å². The molecule has 0 saturated carbocycles. The molecule has 3 saturated heterocycles. The Kier molecular flexibility index (Phi) is 12.3. The van der Waals surface area contributed by atoms with E-state index in [2.05, 4.69) is 68.8 Å². The first-order valence-electron chi connectivity index (χ1n) is 22.8. The number of benzene rings is 3. The van der Waals surface area contributed by atoms with Crippen LogP contribution in [-0.2, 0) is 25.6 Å². The average Bonchev–Trinajstić information content (AvgIpc) is 4.14. The van der Waals surface area contributed by atoms with E-state index >= 15 is 0 Å². The fourth-order valence-electron chi connectivity index (χ4n) is 10.7. The normalized spacial score (nSPS) is 22.8. The van der Waals surface area contributed by atoms with Crippen LogP contribution in [0.2, 0.25) is 0 Å². The minimum atomic E-state index is -0.936. The van der Waals surface area contributed by atoms with Gasteiger partial charge in [0.1, 0.15) is 36.3 Å². The number of nitrogens with zero attached hydrogens (tertiary/aromatic N) is 4. The third-order valence-electron chi connectivity index (χ3n) is 14.1. The molecule has 6 heterocycles. The number of methoxy groups -OCH3 is 2. The van der Waals surface area contributed by atoms with Crippen LogP contribution in [0.5, 0.6) is 5.75 Å². The van der Waals surface area contributed by atoms with Crippen LogP contribution in [0.4, 0.5) is 9.59 Å². The van der Waals surface area contributed by atoms with Crippen molar-refractivity contribution < 1.29 is 38.4 Å². The highest BCUT2D eigenvalue weighted by molar-refractivity contribution is 6.07. The van der Waals surface area contributed by atoms with E-state index in [1.165, 1.54) is 14.2 Å². The number of carbonyl (C=O) groups is 3. The van der Waals surface area contributed by atoms with E-state index in [0.717, 1.165) is 112 Å². The van der Waals surface area contributed by atoms with Crippen LogP contribution < -0.4 is 15.4 Å². The van der Waals surface area contributed by atoms with Crippen molar-refractivity contribution in [3.05, 3.63) is 65.9 Å². The highest BCUT2D eigenvalue weighted by Gasteiger charge is 2.45. The highest BCUT2D eigenvalue weighted by Crippen LogP contribution is 2.45. The van der Waals surface area contributed by atoms with Crippen molar-refractivity contribution in [2.24, 2.45) is 11.8 Å². The number of hydrogen-bond donors (Lipinski definition) is 5.